The van der Waals surface area contributed by atoms with Crippen molar-refractivity contribution in [3.05, 3.63) is 36.4 Å². The summed E-state index contributed by atoms with van der Waals surface area (Å²) in [5, 5.41) is 11.9. The van der Waals surface area contributed by atoms with E-state index >= 15 is 0 Å². The van der Waals surface area contributed by atoms with Crippen molar-refractivity contribution in [2.75, 3.05) is 26.9 Å². The van der Waals surface area contributed by atoms with Gasteiger partial charge in [-0.25, -0.2) is 4.79 Å². The average Bonchev–Trinajstić information content (AvgIpc) is 2.65. The summed E-state index contributed by atoms with van der Waals surface area (Å²) in [6.07, 6.45) is 3.97. The molecule has 1 amide bonds. The highest BCUT2D eigenvalue weighted by Gasteiger charge is 2.31. The number of allylic oxidation sites excluding steroid dienone is 1. The Balaban J connectivity index is 1.94. The number of hydrogen-bond donors (Lipinski definition) is 2. The molecule has 0 aliphatic carbocycles. The summed E-state index contributed by atoms with van der Waals surface area (Å²) in [6.45, 7) is 4.35. The molecule has 142 valence electrons. The number of nitrogens with one attached hydrogen (secondary N) is 1. The molecule has 0 aromatic heterocycles. The molecule has 0 radical (unpaired) electrons. The number of methoxy groups -OCH3 is 1. The van der Waals surface area contributed by atoms with Crippen LogP contribution in [0.15, 0.2) is 30.9 Å². The van der Waals surface area contributed by atoms with Crippen LogP contribution in [0.25, 0.3) is 0 Å². The largest absolute Gasteiger partial charge is 0.493 e. The average molecular weight is 363 g/mol. The number of amides is 1. The zero-order chi connectivity index (χ0) is 18.9. The van der Waals surface area contributed by atoms with E-state index in [0.29, 0.717) is 37.6 Å². The molecule has 1 fully saturated rings. The topological polar surface area (TPSA) is 94.1 Å². The minimum Gasteiger partial charge on any atom is -0.493 e. The van der Waals surface area contributed by atoms with Crippen LogP contribution in [0.2, 0.25) is 0 Å². The van der Waals surface area contributed by atoms with Crippen LogP contribution in [0, 0.1) is 5.92 Å². The van der Waals surface area contributed by atoms with Crippen molar-refractivity contribution >= 4 is 11.9 Å². The Hall–Kier alpha value is -2.54. The van der Waals surface area contributed by atoms with Crippen LogP contribution in [0.1, 0.15) is 18.4 Å². The number of rotatable bonds is 9. The summed E-state index contributed by atoms with van der Waals surface area (Å²) in [6, 6.07) is 4.41. The second-order valence-corrected chi connectivity index (χ2v) is 6.13. The third kappa shape index (κ3) is 5.49. The molecule has 1 saturated heterocycles. The van der Waals surface area contributed by atoms with Gasteiger partial charge in [0.2, 0.25) is 0 Å². The number of ether oxygens (including phenoxy) is 3. The Morgan fingerprint density at radius 2 is 2.27 bits per heavy atom. The first-order valence-corrected chi connectivity index (χ1v) is 8.55. The molecule has 1 aliphatic rings. The van der Waals surface area contributed by atoms with Crippen molar-refractivity contribution in [1.82, 2.24) is 5.32 Å². The highest BCUT2D eigenvalue weighted by atomic mass is 16.5. The highest BCUT2D eigenvalue weighted by molar-refractivity contribution is 5.84. The van der Waals surface area contributed by atoms with E-state index in [-0.39, 0.29) is 12.5 Å². The van der Waals surface area contributed by atoms with Gasteiger partial charge in [0.25, 0.3) is 5.91 Å². The molecule has 2 unspecified atom stereocenters. The maximum atomic E-state index is 12.1. The van der Waals surface area contributed by atoms with Crippen LogP contribution in [-0.4, -0.2) is 50.0 Å². The lowest BCUT2D eigenvalue weighted by atomic mass is 9.93. The SMILES string of the molecule is C=CCc1ccc(OCC(=O)NC(C(=O)O)C2CCCOC2)c(OC)c1. The van der Waals surface area contributed by atoms with Crippen molar-refractivity contribution in [1.29, 1.82) is 0 Å². The Morgan fingerprint density at radius 3 is 2.88 bits per heavy atom. The third-order valence-corrected chi connectivity index (χ3v) is 4.22. The van der Waals surface area contributed by atoms with Crippen molar-refractivity contribution in [3.8, 4) is 11.5 Å². The smallest absolute Gasteiger partial charge is 0.326 e. The summed E-state index contributed by atoms with van der Waals surface area (Å²) < 4.78 is 16.1. The predicted molar refractivity (Wildman–Crippen MR) is 95.5 cm³/mol. The molecule has 1 aromatic carbocycles. The summed E-state index contributed by atoms with van der Waals surface area (Å²) in [5.41, 5.74) is 1.01. The maximum Gasteiger partial charge on any atom is 0.326 e. The fourth-order valence-electron chi connectivity index (χ4n) is 2.89. The summed E-state index contributed by atoms with van der Waals surface area (Å²) >= 11 is 0. The molecule has 0 saturated carbocycles. The molecule has 0 bridgehead atoms. The number of carbonyl (C=O) groups excluding carboxylic acids is 1. The lowest BCUT2D eigenvalue weighted by Gasteiger charge is -2.28. The Kier molecular flexibility index (Phi) is 7.47. The van der Waals surface area contributed by atoms with Gasteiger partial charge in [0.05, 0.1) is 13.7 Å². The van der Waals surface area contributed by atoms with Crippen molar-refractivity contribution in [2.24, 2.45) is 5.92 Å². The van der Waals surface area contributed by atoms with E-state index in [1.807, 2.05) is 12.1 Å². The monoisotopic (exact) mass is 363 g/mol. The van der Waals surface area contributed by atoms with E-state index in [1.54, 1.807) is 12.1 Å². The summed E-state index contributed by atoms with van der Waals surface area (Å²) in [4.78, 5) is 23.6. The van der Waals surface area contributed by atoms with Gasteiger partial charge in [0.15, 0.2) is 18.1 Å². The molecule has 2 N–H and O–H groups in total. The highest BCUT2D eigenvalue weighted by Crippen LogP contribution is 2.28. The standard InChI is InChI=1S/C19H25NO6/c1-3-5-13-7-8-15(16(10-13)24-2)26-12-17(21)20-18(19(22)23)14-6-4-9-25-11-14/h3,7-8,10,14,18H,1,4-6,9,11-12H2,2H3,(H,20,21)(H,22,23). The number of carbonyl (C=O) groups is 2. The van der Waals surface area contributed by atoms with Gasteiger partial charge in [0, 0.05) is 12.5 Å². The van der Waals surface area contributed by atoms with Gasteiger partial charge in [-0.2, -0.15) is 0 Å². The van der Waals surface area contributed by atoms with Crippen LogP contribution in [0.5, 0.6) is 11.5 Å². The van der Waals surface area contributed by atoms with Crippen LogP contribution in [-0.2, 0) is 20.7 Å². The zero-order valence-electron chi connectivity index (χ0n) is 14.9. The molecule has 26 heavy (non-hydrogen) atoms. The first-order valence-electron chi connectivity index (χ1n) is 8.55. The quantitative estimate of drug-likeness (QED) is 0.650. The van der Waals surface area contributed by atoms with E-state index in [9.17, 15) is 14.7 Å². The normalized spacial score (nSPS) is 17.8. The van der Waals surface area contributed by atoms with Gasteiger partial charge in [-0.15, -0.1) is 6.58 Å². The number of benzene rings is 1. The van der Waals surface area contributed by atoms with Gasteiger partial charge in [0.1, 0.15) is 6.04 Å². The van der Waals surface area contributed by atoms with Gasteiger partial charge < -0.3 is 24.6 Å². The molecular formula is C19H25NO6. The van der Waals surface area contributed by atoms with Gasteiger partial charge in [-0.05, 0) is 37.0 Å². The Morgan fingerprint density at radius 1 is 1.46 bits per heavy atom. The third-order valence-electron chi connectivity index (χ3n) is 4.22. The fraction of sp³-hybridized carbons (Fsp3) is 0.474. The first kappa shape index (κ1) is 19.8. The first-order chi connectivity index (χ1) is 12.5. The van der Waals surface area contributed by atoms with E-state index in [2.05, 4.69) is 11.9 Å². The minimum atomic E-state index is -1.07. The molecule has 2 rings (SSSR count). The summed E-state index contributed by atoms with van der Waals surface area (Å²) in [7, 11) is 1.52. The lowest BCUT2D eigenvalue weighted by molar-refractivity contribution is -0.145. The van der Waals surface area contributed by atoms with Crippen molar-refractivity contribution in [2.45, 2.75) is 25.3 Å². The lowest BCUT2D eigenvalue weighted by Crippen LogP contribution is -2.49. The second-order valence-electron chi connectivity index (χ2n) is 6.13. The van der Waals surface area contributed by atoms with E-state index in [1.165, 1.54) is 7.11 Å². The molecule has 2 atom stereocenters. The zero-order valence-corrected chi connectivity index (χ0v) is 14.9. The Labute approximate surface area is 152 Å². The molecule has 1 aliphatic heterocycles. The summed E-state index contributed by atoms with van der Waals surface area (Å²) in [5.74, 6) is -0.880. The molecule has 7 nitrogen and oxygen atoms in total. The van der Waals surface area contributed by atoms with Crippen LogP contribution >= 0.6 is 0 Å². The van der Waals surface area contributed by atoms with Gasteiger partial charge >= 0.3 is 5.97 Å². The molecular weight excluding hydrogens is 338 g/mol. The van der Waals surface area contributed by atoms with Crippen LogP contribution < -0.4 is 14.8 Å². The van der Waals surface area contributed by atoms with Crippen LogP contribution in [0.3, 0.4) is 0 Å². The van der Waals surface area contributed by atoms with Gasteiger partial charge in [-0.3, -0.25) is 4.79 Å². The number of carboxylic acids is 1. The van der Waals surface area contributed by atoms with Crippen molar-refractivity contribution in [3.63, 3.8) is 0 Å². The molecule has 7 heteroatoms. The molecule has 1 aromatic rings. The minimum absolute atomic E-state index is 0.238. The van der Waals surface area contributed by atoms with E-state index < -0.39 is 17.9 Å². The fourth-order valence-corrected chi connectivity index (χ4v) is 2.89. The molecule has 0 spiro atoms. The number of carboxylic acid groups (broad SMARTS) is 1. The number of aliphatic carboxylic acids is 1. The van der Waals surface area contributed by atoms with Crippen molar-refractivity contribution < 1.29 is 28.9 Å². The molecule has 1 heterocycles. The maximum absolute atomic E-state index is 12.1. The predicted octanol–water partition coefficient (Wildman–Crippen LogP) is 1.80. The second kappa shape index (κ2) is 9.82. The number of hydrogen-bond acceptors (Lipinski definition) is 5. The van der Waals surface area contributed by atoms with E-state index in [0.717, 1.165) is 12.0 Å². The Bertz CT molecular complexity index is 639. The van der Waals surface area contributed by atoms with Crippen LogP contribution in [0.4, 0.5) is 0 Å². The van der Waals surface area contributed by atoms with E-state index in [4.69, 9.17) is 14.2 Å². The van der Waals surface area contributed by atoms with Gasteiger partial charge in [-0.1, -0.05) is 12.1 Å².